The van der Waals surface area contributed by atoms with Crippen LogP contribution in [0.15, 0.2) is 6.20 Å². The summed E-state index contributed by atoms with van der Waals surface area (Å²) in [7, 11) is 0. The summed E-state index contributed by atoms with van der Waals surface area (Å²) in [6.07, 6.45) is 9.18. The van der Waals surface area contributed by atoms with Crippen LogP contribution >= 0.6 is 11.8 Å². The molecule has 6 N–H and O–H groups in total. The maximum absolute atomic E-state index is 12.7. The van der Waals surface area contributed by atoms with E-state index < -0.39 is 49.2 Å². The van der Waals surface area contributed by atoms with Crippen molar-refractivity contribution in [3.05, 3.63) is 6.20 Å². The van der Waals surface area contributed by atoms with Crippen LogP contribution in [0, 0.1) is 0 Å². The molecule has 0 aromatic carbocycles. The summed E-state index contributed by atoms with van der Waals surface area (Å²) >= 11 is 1.30. The Balaban J connectivity index is 1.81. The van der Waals surface area contributed by atoms with Gasteiger partial charge in [-0.05, 0) is 12.8 Å². The Kier molecular flexibility index (Phi) is 20.0. The van der Waals surface area contributed by atoms with Gasteiger partial charge in [-0.3, -0.25) is 14.4 Å². The number of aromatic nitrogens is 3. The number of esters is 2. The monoisotopic (exact) mass is 673 g/mol. The number of anilines is 1. The van der Waals surface area contributed by atoms with E-state index in [9.17, 15) is 29.7 Å². The number of rotatable bonds is 25. The molecule has 0 radical (unpaired) electrons. The maximum Gasteiger partial charge on any atom is 0.306 e. The van der Waals surface area contributed by atoms with E-state index in [1.54, 1.807) is 0 Å². The molecule has 1 amide bonds. The minimum absolute atomic E-state index is 0.0574. The zero-order chi connectivity index (χ0) is 33.7. The van der Waals surface area contributed by atoms with Gasteiger partial charge in [0.15, 0.2) is 12.0 Å². The second-order valence-corrected chi connectivity index (χ2v) is 12.9. The fourth-order valence-corrected chi connectivity index (χ4v) is 5.86. The van der Waals surface area contributed by atoms with Gasteiger partial charge in [0.25, 0.3) is 0 Å². The number of nitrogens with two attached hydrogens (primary N) is 1. The normalized spacial score (nSPS) is 20.7. The summed E-state index contributed by atoms with van der Waals surface area (Å²) in [5.74, 6) is -0.670. The van der Waals surface area contributed by atoms with Crippen LogP contribution in [0.3, 0.4) is 0 Å². The molecule has 1 aromatic heterocycles. The highest BCUT2D eigenvalue weighted by Crippen LogP contribution is 2.29. The molecule has 46 heavy (non-hydrogen) atoms. The first-order chi connectivity index (χ1) is 22.2. The molecule has 1 aliphatic heterocycles. The van der Waals surface area contributed by atoms with Crippen LogP contribution < -0.4 is 11.1 Å². The molecule has 264 valence electrons. The van der Waals surface area contributed by atoms with Gasteiger partial charge in [-0.1, -0.05) is 83.3 Å². The third-order valence-electron chi connectivity index (χ3n) is 7.67. The Bertz CT molecular complexity index is 1020. The molecule has 0 saturated carbocycles. The number of amides is 1. The fraction of sp³-hybridized carbons (Fsp3) is 0.839. The Morgan fingerprint density at radius 3 is 2.17 bits per heavy atom. The number of thioether (sulfide) groups is 1. The number of unbranched alkanes of at least 4 members (excludes halogenated alkanes) is 10. The Hall–Kier alpha value is -2.30. The number of hydrogen-bond donors (Lipinski definition) is 5. The number of ether oxygens (including phenoxy) is 3. The van der Waals surface area contributed by atoms with Gasteiger partial charge in [0.1, 0.15) is 31.0 Å². The SMILES string of the molecule is CCCCCCCCC(=O)OC[C@H](CSC[C@@H](N)C(=O)Nc1cn([C@H]2OC(CO)[C@@H](O)[C@@H]2O)nn1)OC(=O)CCCCCCCC. The molecular formula is C31H55N5O9S. The van der Waals surface area contributed by atoms with E-state index in [1.165, 1.54) is 37.2 Å². The summed E-state index contributed by atoms with van der Waals surface area (Å²) in [6, 6.07) is -0.946. The van der Waals surface area contributed by atoms with Gasteiger partial charge in [-0.25, -0.2) is 4.68 Å². The average molecular weight is 674 g/mol. The van der Waals surface area contributed by atoms with Crippen LogP contribution in [0.1, 0.15) is 110 Å². The molecule has 1 fully saturated rings. The van der Waals surface area contributed by atoms with Crippen molar-refractivity contribution in [2.24, 2.45) is 5.73 Å². The zero-order valence-electron chi connectivity index (χ0n) is 27.4. The van der Waals surface area contributed by atoms with Crippen LogP contribution in [-0.4, -0.2) is 103 Å². The lowest BCUT2D eigenvalue weighted by Crippen LogP contribution is -2.38. The lowest BCUT2D eigenvalue weighted by molar-refractivity contribution is -0.157. The summed E-state index contributed by atoms with van der Waals surface area (Å²) in [4.78, 5) is 37.5. The topological polar surface area (TPSA) is 208 Å². The average Bonchev–Trinajstić information content (AvgIpc) is 3.62. The van der Waals surface area contributed by atoms with Crippen LogP contribution in [0.25, 0.3) is 0 Å². The molecule has 1 aromatic rings. The van der Waals surface area contributed by atoms with E-state index in [2.05, 4.69) is 29.5 Å². The molecule has 0 spiro atoms. The maximum atomic E-state index is 12.7. The fourth-order valence-electron chi connectivity index (χ4n) is 4.90. The molecule has 0 bridgehead atoms. The summed E-state index contributed by atoms with van der Waals surface area (Å²) in [6.45, 7) is 3.77. The highest BCUT2D eigenvalue weighted by Gasteiger charge is 2.44. The number of aliphatic hydroxyl groups excluding tert-OH is 3. The first kappa shape index (κ1) is 39.9. The van der Waals surface area contributed by atoms with E-state index in [0.29, 0.717) is 12.8 Å². The molecule has 1 saturated heterocycles. The quantitative estimate of drug-likeness (QED) is 0.0748. The zero-order valence-corrected chi connectivity index (χ0v) is 28.2. The second-order valence-electron chi connectivity index (χ2n) is 11.8. The number of aliphatic hydroxyl groups is 3. The van der Waals surface area contributed by atoms with Crippen LogP contribution in [0.2, 0.25) is 0 Å². The number of hydrogen-bond acceptors (Lipinski definition) is 13. The molecule has 15 heteroatoms. The third kappa shape index (κ3) is 15.1. The van der Waals surface area contributed by atoms with Crippen LogP contribution in [0.4, 0.5) is 5.82 Å². The lowest BCUT2D eigenvalue weighted by atomic mass is 10.1. The molecule has 1 unspecified atom stereocenters. The lowest BCUT2D eigenvalue weighted by Gasteiger charge is -2.19. The first-order valence-electron chi connectivity index (χ1n) is 16.7. The van der Waals surface area contributed by atoms with Crippen molar-refractivity contribution >= 4 is 35.4 Å². The van der Waals surface area contributed by atoms with E-state index in [4.69, 9.17) is 19.9 Å². The van der Waals surface area contributed by atoms with Crippen molar-refractivity contribution in [1.82, 2.24) is 15.0 Å². The van der Waals surface area contributed by atoms with E-state index >= 15 is 0 Å². The number of carbonyl (C=O) groups excluding carboxylic acids is 3. The highest BCUT2D eigenvalue weighted by atomic mass is 32.2. The summed E-state index contributed by atoms with van der Waals surface area (Å²) < 4.78 is 17.6. The van der Waals surface area contributed by atoms with E-state index in [-0.39, 0.29) is 35.9 Å². The molecule has 14 nitrogen and oxygen atoms in total. The largest absolute Gasteiger partial charge is 0.462 e. The predicted molar refractivity (Wildman–Crippen MR) is 174 cm³/mol. The molecular weight excluding hydrogens is 618 g/mol. The van der Waals surface area contributed by atoms with Crippen molar-refractivity contribution in [3.63, 3.8) is 0 Å². The van der Waals surface area contributed by atoms with Gasteiger partial charge < -0.3 is 40.6 Å². The Labute approximate surface area is 276 Å². The highest BCUT2D eigenvalue weighted by molar-refractivity contribution is 7.99. The van der Waals surface area contributed by atoms with Crippen LogP contribution in [0.5, 0.6) is 0 Å². The van der Waals surface area contributed by atoms with Gasteiger partial charge in [-0.15, -0.1) is 5.10 Å². The molecule has 1 aliphatic rings. The van der Waals surface area contributed by atoms with Crippen LogP contribution in [-0.2, 0) is 28.6 Å². The van der Waals surface area contributed by atoms with E-state index in [0.717, 1.165) is 62.5 Å². The third-order valence-corrected chi connectivity index (χ3v) is 8.88. The van der Waals surface area contributed by atoms with Gasteiger partial charge in [0.2, 0.25) is 5.91 Å². The molecule has 2 rings (SSSR count). The standard InChI is InChI=1S/C31H55N5O9S/c1-3-5-7-9-11-13-15-26(38)43-19-22(44-27(39)16-14-12-10-8-6-4-2)20-46-21-23(32)30(42)33-25-17-36(35-34-25)31-29(41)28(40)24(18-37)45-31/h17,22-24,28-29,31,37,40-41H,3-16,18-21,32H2,1-2H3,(H,33,42)/t22-,23-,24?,28-,29+,31+/m1/s1. The predicted octanol–water partition coefficient (Wildman–Crippen LogP) is 2.84. The van der Waals surface area contributed by atoms with E-state index in [1.807, 2.05) is 0 Å². The summed E-state index contributed by atoms with van der Waals surface area (Å²) in [5.41, 5.74) is 6.09. The van der Waals surface area contributed by atoms with Gasteiger partial charge >= 0.3 is 11.9 Å². The first-order valence-corrected chi connectivity index (χ1v) is 17.9. The Morgan fingerprint density at radius 1 is 0.957 bits per heavy atom. The van der Waals surface area contributed by atoms with Gasteiger partial charge in [-0.2, -0.15) is 11.8 Å². The number of carbonyl (C=O) groups is 3. The summed E-state index contributed by atoms with van der Waals surface area (Å²) in [5, 5.41) is 39.6. The van der Waals surface area contributed by atoms with Gasteiger partial charge in [0, 0.05) is 24.3 Å². The molecule has 0 aliphatic carbocycles. The minimum atomic E-state index is -1.34. The van der Waals surface area contributed by atoms with Gasteiger partial charge in [0.05, 0.1) is 18.8 Å². The van der Waals surface area contributed by atoms with Crippen molar-refractivity contribution in [1.29, 1.82) is 0 Å². The number of nitrogens with zero attached hydrogens (tertiary/aromatic N) is 3. The number of nitrogens with one attached hydrogen (secondary N) is 1. The smallest absolute Gasteiger partial charge is 0.306 e. The van der Waals surface area contributed by atoms with Crippen molar-refractivity contribution in [2.45, 2.75) is 140 Å². The van der Waals surface area contributed by atoms with Crippen molar-refractivity contribution in [3.8, 4) is 0 Å². The minimum Gasteiger partial charge on any atom is -0.462 e. The molecule has 2 heterocycles. The Morgan fingerprint density at radius 2 is 1.57 bits per heavy atom. The van der Waals surface area contributed by atoms with Crippen molar-refractivity contribution < 1.29 is 43.9 Å². The van der Waals surface area contributed by atoms with Crippen molar-refractivity contribution in [2.75, 3.05) is 30.0 Å². The second kappa shape index (κ2) is 23.1. The molecule has 6 atom stereocenters.